The summed E-state index contributed by atoms with van der Waals surface area (Å²) in [4.78, 5) is 0. The zero-order valence-corrected chi connectivity index (χ0v) is 27.4. The van der Waals surface area contributed by atoms with Crippen molar-refractivity contribution in [2.75, 3.05) is 0 Å². The predicted molar refractivity (Wildman–Crippen MR) is 225 cm³/mol. The van der Waals surface area contributed by atoms with Crippen LogP contribution in [-0.2, 0) is 0 Å². The van der Waals surface area contributed by atoms with E-state index in [9.17, 15) is 11.0 Å². The molecule has 0 saturated carbocycles. The Hall–Kier alpha value is -6.96. The molecule has 0 atom stereocenters. The lowest BCUT2D eigenvalue weighted by Gasteiger charge is -2.19. The van der Waals surface area contributed by atoms with Crippen molar-refractivity contribution in [2.24, 2.45) is 0 Å². The third-order valence-corrected chi connectivity index (χ3v) is 9.74. The second-order valence-corrected chi connectivity index (χ2v) is 12.5. The van der Waals surface area contributed by atoms with Gasteiger partial charge in [0.15, 0.2) is 0 Å². The van der Waals surface area contributed by atoms with Crippen molar-refractivity contribution in [3.63, 3.8) is 0 Å². The summed E-state index contributed by atoms with van der Waals surface area (Å²) in [6, 6.07) is 9.14. The zero-order chi connectivity index (χ0) is 51.4. The summed E-state index contributed by atoms with van der Waals surface area (Å²) >= 11 is 0. The summed E-state index contributed by atoms with van der Waals surface area (Å²) in [5.41, 5.74) is 0.443. The van der Waals surface area contributed by atoms with E-state index in [-0.39, 0.29) is 16.5 Å². The van der Waals surface area contributed by atoms with Crippen LogP contribution in [0.2, 0.25) is 0 Å². The monoisotopic (exact) mass is 691 g/mol. The van der Waals surface area contributed by atoms with E-state index in [1.807, 2.05) is 60.7 Å². The molecule has 1 heteroatoms. The average molecular weight is 692 g/mol. The fourth-order valence-electron chi connectivity index (χ4n) is 7.51. The molecule has 0 aliphatic heterocycles. The molecule has 53 heavy (non-hydrogen) atoms. The minimum absolute atomic E-state index is 0.143. The molecule has 0 unspecified atom stereocenters. The van der Waals surface area contributed by atoms with E-state index in [2.05, 4.69) is 0 Å². The van der Waals surface area contributed by atoms with E-state index in [1.165, 1.54) is 0 Å². The van der Waals surface area contributed by atoms with Crippen molar-refractivity contribution in [3.05, 3.63) is 194 Å². The zero-order valence-electron chi connectivity index (χ0n) is 46.4. The van der Waals surface area contributed by atoms with Crippen LogP contribution in [0.5, 0.6) is 0 Å². The van der Waals surface area contributed by atoms with Gasteiger partial charge in [-0.15, -0.1) is 0 Å². The molecule has 0 spiro atoms. The first-order valence-electron chi connectivity index (χ1n) is 26.2. The maximum absolute atomic E-state index is 9.91. The van der Waals surface area contributed by atoms with Crippen molar-refractivity contribution in [2.45, 2.75) is 0 Å². The lowest BCUT2D eigenvalue weighted by atomic mass is 9.84. The van der Waals surface area contributed by atoms with Crippen LogP contribution in [0.15, 0.2) is 198 Å². The number of hydrogen-bond acceptors (Lipinski definition) is 1. The van der Waals surface area contributed by atoms with Gasteiger partial charge in [-0.25, -0.2) is 0 Å². The normalized spacial score (nSPS) is 16.8. The highest BCUT2D eigenvalue weighted by Crippen LogP contribution is 2.47. The summed E-state index contributed by atoms with van der Waals surface area (Å²) in [5, 5.41) is 0.478. The molecule has 1 heterocycles. The topological polar surface area (TPSA) is 13.1 Å². The van der Waals surface area contributed by atoms with E-state index in [0.717, 1.165) is 27.3 Å². The van der Waals surface area contributed by atoms with Gasteiger partial charge in [-0.1, -0.05) is 175 Å². The lowest BCUT2D eigenvalue weighted by Crippen LogP contribution is -1.92. The standard InChI is InChI=1S/C52H32O/c1-2-15-34(16-3-1)50-42-21-8-10-23-44(42)51(45-24-11-9-22-43(45)50)46-31-30-37(38-19-6-7-20-40(38)46)35-28-29-47-49(32-35)53-48-27-13-26-41(52(47)48)39-25-12-17-33-14-4-5-18-36(33)39/h1-32H/i1D,2D,3D,6D,7D,8D,9D,10D,11D,15D,16D,19D,20D,21D,22D,23D,24D,30D,31D. The molecule has 0 N–H and O–H groups in total. The van der Waals surface area contributed by atoms with Crippen molar-refractivity contribution in [3.8, 4) is 44.5 Å². The summed E-state index contributed by atoms with van der Waals surface area (Å²) in [6.45, 7) is 0. The molecular weight excluding hydrogens is 641 g/mol. The smallest absolute Gasteiger partial charge is 0.136 e. The highest BCUT2D eigenvalue weighted by molar-refractivity contribution is 6.24. The molecule has 0 aliphatic carbocycles. The minimum atomic E-state index is -0.871. The first-order valence-corrected chi connectivity index (χ1v) is 16.7. The number of benzene rings is 10. The molecule has 246 valence electrons. The maximum atomic E-state index is 9.91. The first kappa shape index (κ1) is 16.6. The quantitative estimate of drug-likeness (QED) is 0.167. The van der Waals surface area contributed by atoms with Gasteiger partial charge in [-0.2, -0.15) is 0 Å². The SMILES string of the molecule is [2H]c1c([2H])c([2H])c(-c2c3c([2H])c([2H])c([2H])c([2H])c3c(-c3c([2H])c([2H])c(-c4ccc5c(c4)oc4cccc(-c6cccc7ccccc67)c45)c4c([2H])c([2H])c([2H])c([2H])c34)c3c([2H])c([2H])c([2H])c([2H])c23)c([2H])c1[2H]. The van der Waals surface area contributed by atoms with Crippen LogP contribution in [0.3, 0.4) is 0 Å². The van der Waals surface area contributed by atoms with Gasteiger partial charge in [0.25, 0.3) is 0 Å². The van der Waals surface area contributed by atoms with Crippen LogP contribution in [0.1, 0.15) is 26.0 Å². The fourth-order valence-corrected chi connectivity index (χ4v) is 7.51. The van der Waals surface area contributed by atoms with Gasteiger partial charge < -0.3 is 4.42 Å². The molecule has 0 bridgehead atoms. The molecule has 11 aromatic rings. The Kier molecular flexibility index (Phi) is 3.69. The molecule has 0 radical (unpaired) electrons. The van der Waals surface area contributed by atoms with Gasteiger partial charge in [-0.05, 0) is 106 Å². The summed E-state index contributed by atoms with van der Waals surface area (Å²) in [5.74, 6) is 0. The predicted octanol–water partition coefficient (Wildman–Crippen LogP) is 14.9. The highest BCUT2D eigenvalue weighted by Gasteiger charge is 2.20. The molecule has 0 amide bonds. The molecule has 1 nitrogen and oxygen atoms in total. The van der Waals surface area contributed by atoms with Crippen LogP contribution in [0.4, 0.5) is 0 Å². The van der Waals surface area contributed by atoms with Gasteiger partial charge in [-0.3, -0.25) is 0 Å². The molecule has 11 rings (SSSR count). The van der Waals surface area contributed by atoms with Crippen LogP contribution in [0, 0.1) is 0 Å². The molecule has 0 saturated heterocycles. The molecule has 10 aromatic carbocycles. The molecule has 0 fully saturated rings. The van der Waals surface area contributed by atoms with E-state index in [1.54, 1.807) is 18.2 Å². The third kappa shape index (κ3) is 4.58. The second kappa shape index (κ2) is 11.8. The van der Waals surface area contributed by atoms with E-state index in [0.29, 0.717) is 16.6 Å². The lowest BCUT2D eigenvalue weighted by molar-refractivity contribution is 0.669. The van der Waals surface area contributed by atoms with Crippen LogP contribution < -0.4 is 0 Å². The Morgan fingerprint density at radius 1 is 0.340 bits per heavy atom. The van der Waals surface area contributed by atoms with Crippen molar-refractivity contribution < 1.29 is 30.5 Å². The largest absolute Gasteiger partial charge is 0.456 e. The van der Waals surface area contributed by atoms with E-state index in [4.69, 9.17) is 19.5 Å². The minimum Gasteiger partial charge on any atom is -0.456 e. The maximum Gasteiger partial charge on any atom is 0.136 e. The van der Waals surface area contributed by atoms with Gasteiger partial charge in [0, 0.05) is 10.8 Å². The van der Waals surface area contributed by atoms with Gasteiger partial charge >= 0.3 is 0 Å². The average Bonchev–Trinajstić information content (AvgIpc) is 3.76. The van der Waals surface area contributed by atoms with Gasteiger partial charge in [0.1, 0.15) is 11.2 Å². The Morgan fingerprint density at radius 2 is 0.925 bits per heavy atom. The van der Waals surface area contributed by atoms with Gasteiger partial charge in [0.05, 0.1) is 26.0 Å². The fraction of sp³-hybridized carbons (Fsp3) is 0. The molecule has 1 aromatic heterocycles. The van der Waals surface area contributed by atoms with Crippen LogP contribution >= 0.6 is 0 Å². The summed E-state index contributed by atoms with van der Waals surface area (Å²) in [6.07, 6.45) is 0. The summed E-state index contributed by atoms with van der Waals surface area (Å²) < 4.78 is 179. The third-order valence-electron chi connectivity index (χ3n) is 9.74. The van der Waals surface area contributed by atoms with Crippen molar-refractivity contribution >= 4 is 65.0 Å². The summed E-state index contributed by atoms with van der Waals surface area (Å²) in [7, 11) is 0. The van der Waals surface area contributed by atoms with Crippen molar-refractivity contribution in [1.29, 1.82) is 0 Å². The van der Waals surface area contributed by atoms with E-state index < -0.39 is 164 Å². The Morgan fingerprint density at radius 3 is 1.68 bits per heavy atom. The van der Waals surface area contributed by atoms with Crippen LogP contribution in [-0.4, -0.2) is 0 Å². The Balaban J connectivity index is 1.32. The first-order chi connectivity index (χ1) is 34.2. The molecule has 0 aliphatic rings. The Labute approximate surface area is 333 Å². The number of hydrogen-bond donors (Lipinski definition) is 0. The van der Waals surface area contributed by atoms with Crippen LogP contribution in [0.25, 0.3) is 110 Å². The number of fused-ring (bicyclic) bond motifs is 7. The number of furan rings is 1. The van der Waals surface area contributed by atoms with E-state index >= 15 is 0 Å². The molecular formula is C52H32O. The highest BCUT2D eigenvalue weighted by atomic mass is 16.3. The second-order valence-electron chi connectivity index (χ2n) is 12.5. The van der Waals surface area contributed by atoms with Gasteiger partial charge in [0.2, 0.25) is 0 Å². The van der Waals surface area contributed by atoms with Crippen molar-refractivity contribution in [1.82, 2.24) is 0 Å². The Bertz CT molecular complexity index is 4220. The number of rotatable bonds is 4.